The van der Waals surface area contributed by atoms with Crippen LogP contribution in [0.4, 0.5) is 0 Å². The molecule has 0 aliphatic carbocycles. The highest BCUT2D eigenvalue weighted by Gasteiger charge is 2.38. The molecule has 4 unspecified atom stereocenters. The third-order valence-electron chi connectivity index (χ3n) is 4.72. The molecule has 0 aromatic rings. The second-order valence-electron chi connectivity index (χ2n) is 10.9. The van der Waals surface area contributed by atoms with Gasteiger partial charge in [-0.05, 0) is 47.3 Å². The Kier molecular flexibility index (Phi) is 8.87. The molecule has 0 aromatic heterocycles. The average molecular weight is 327 g/mol. The Morgan fingerprint density at radius 3 is 1.00 bits per heavy atom. The van der Waals surface area contributed by atoms with Crippen LogP contribution in [0, 0.1) is 34.5 Å². The van der Waals surface area contributed by atoms with Gasteiger partial charge in [0.2, 0.25) is 0 Å². The summed E-state index contributed by atoms with van der Waals surface area (Å²) in [6.07, 6.45) is 3.09. The minimum atomic E-state index is 0.176. The first-order valence-electron chi connectivity index (χ1n) is 9.81. The average Bonchev–Trinajstić information content (AvgIpc) is 2.22. The lowest BCUT2D eigenvalue weighted by Crippen LogP contribution is -2.45. The van der Waals surface area contributed by atoms with E-state index in [2.05, 4.69) is 83.1 Å². The van der Waals surface area contributed by atoms with Gasteiger partial charge in [-0.25, -0.2) is 0 Å². The molecular weight excluding hydrogens is 280 g/mol. The predicted molar refractivity (Wildman–Crippen MR) is 105 cm³/mol. The molecule has 0 rings (SSSR count). The summed E-state index contributed by atoms with van der Waals surface area (Å²) >= 11 is 0. The topological polar surface area (TPSA) is 9.23 Å². The third-order valence-corrected chi connectivity index (χ3v) is 4.72. The fourth-order valence-corrected chi connectivity index (χ4v) is 4.28. The zero-order valence-electron chi connectivity index (χ0n) is 18.3. The second-order valence-corrected chi connectivity index (χ2v) is 10.9. The van der Waals surface area contributed by atoms with Gasteiger partial charge in [-0.2, -0.15) is 0 Å². The summed E-state index contributed by atoms with van der Waals surface area (Å²) in [7, 11) is 0. The van der Waals surface area contributed by atoms with Crippen LogP contribution in [0.2, 0.25) is 0 Å². The van der Waals surface area contributed by atoms with Crippen molar-refractivity contribution in [2.75, 3.05) is 0 Å². The van der Waals surface area contributed by atoms with Crippen molar-refractivity contribution in [1.29, 1.82) is 0 Å². The van der Waals surface area contributed by atoms with Gasteiger partial charge in [0.15, 0.2) is 0 Å². The summed E-state index contributed by atoms with van der Waals surface area (Å²) in [5.74, 6) is 2.62. The van der Waals surface area contributed by atoms with Crippen LogP contribution in [0.3, 0.4) is 0 Å². The Morgan fingerprint density at radius 1 is 0.565 bits per heavy atom. The number of rotatable bonds is 8. The number of hydrogen-bond donors (Lipinski definition) is 0. The van der Waals surface area contributed by atoms with Gasteiger partial charge in [0, 0.05) is 0 Å². The molecule has 0 radical (unpaired) electrons. The van der Waals surface area contributed by atoms with E-state index < -0.39 is 0 Å². The van der Waals surface area contributed by atoms with E-state index in [1.54, 1.807) is 0 Å². The quantitative estimate of drug-likeness (QED) is 0.458. The van der Waals surface area contributed by atoms with Crippen molar-refractivity contribution in [3.8, 4) is 0 Å². The highest BCUT2D eigenvalue weighted by Crippen LogP contribution is 2.39. The van der Waals surface area contributed by atoms with E-state index in [9.17, 15) is 0 Å². The lowest BCUT2D eigenvalue weighted by atomic mass is 9.76. The molecule has 0 fully saturated rings. The molecule has 0 aromatic carbocycles. The Bertz CT molecular complexity index is 284. The van der Waals surface area contributed by atoms with Crippen LogP contribution in [-0.4, -0.2) is 12.2 Å². The van der Waals surface area contributed by atoms with E-state index in [4.69, 9.17) is 4.74 Å². The maximum atomic E-state index is 6.90. The highest BCUT2D eigenvalue weighted by atomic mass is 16.5. The van der Waals surface area contributed by atoms with E-state index in [1.807, 2.05) is 0 Å². The van der Waals surface area contributed by atoms with Crippen molar-refractivity contribution in [2.24, 2.45) is 34.5 Å². The van der Waals surface area contributed by atoms with Crippen molar-refractivity contribution in [2.45, 2.75) is 108 Å². The van der Waals surface area contributed by atoms with Crippen LogP contribution in [0.25, 0.3) is 0 Å². The first-order chi connectivity index (χ1) is 10.2. The van der Waals surface area contributed by atoms with Gasteiger partial charge in [-0.3, -0.25) is 0 Å². The normalized spacial score (nSPS) is 19.0. The molecule has 23 heavy (non-hydrogen) atoms. The molecule has 0 bridgehead atoms. The van der Waals surface area contributed by atoms with Gasteiger partial charge in [0.1, 0.15) is 0 Å². The van der Waals surface area contributed by atoms with Gasteiger partial charge < -0.3 is 4.74 Å². The first-order valence-corrected chi connectivity index (χ1v) is 9.81. The molecule has 0 aliphatic heterocycles. The molecule has 0 saturated carbocycles. The minimum absolute atomic E-state index is 0.176. The van der Waals surface area contributed by atoms with E-state index in [0.717, 1.165) is 11.8 Å². The van der Waals surface area contributed by atoms with Crippen molar-refractivity contribution in [1.82, 2.24) is 0 Å². The Balaban J connectivity index is 5.36. The van der Waals surface area contributed by atoms with Crippen LogP contribution >= 0.6 is 0 Å². The van der Waals surface area contributed by atoms with Gasteiger partial charge >= 0.3 is 0 Å². The van der Waals surface area contributed by atoms with E-state index >= 15 is 0 Å². The Labute approximate surface area is 148 Å². The molecule has 0 heterocycles. The maximum absolute atomic E-state index is 6.90. The monoisotopic (exact) mass is 326 g/mol. The van der Waals surface area contributed by atoms with Gasteiger partial charge in [-0.15, -0.1) is 0 Å². The molecule has 4 atom stereocenters. The fraction of sp³-hybridized carbons (Fsp3) is 1.00. The summed E-state index contributed by atoms with van der Waals surface area (Å²) in [6.45, 7) is 28.0. The molecule has 140 valence electrons. The van der Waals surface area contributed by atoms with E-state index in [-0.39, 0.29) is 10.8 Å². The molecule has 0 spiro atoms. The SMILES string of the molecule is CC(C)CC(C)C(OC(C(C)CC(C)C)C(C)(C)C)C(C)(C)C. The zero-order valence-corrected chi connectivity index (χ0v) is 18.3. The van der Waals surface area contributed by atoms with E-state index in [1.165, 1.54) is 12.8 Å². The lowest BCUT2D eigenvalue weighted by Gasteiger charge is -2.44. The second kappa shape index (κ2) is 8.88. The fourth-order valence-electron chi connectivity index (χ4n) is 4.28. The van der Waals surface area contributed by atoms with Crippen LogP contribution < -0.4 is 0 Å². The highest BCUT2D eigenvalue weighted by molar-refractivity contribution is 4.86. The van der Waals surface area contributed by atoms with Crippen molar-refractivity contribution < 1.29 is 4.74 Å². The molecule has 0 aliphatic rings. The number of hydrogen-bond acceptors (Lipinski definition) is 1. The third kappa shape index (κ3) is 8.57. The standard InChI is InChI=1S/C22H46O/c1-15(2)13-17(5)19(21(7,8)9)23-20(22(10,11)12)18(6)14-16(3)4/h15-20H,13-14H2,1-12H3. The van der Waals surface area contributed by atoms with Crippen molar-refractivity contribution >= 4 is 0 Å². The van der Waals surface area contributed by atoms with Crippen LogP contribution in [0.5, 0.6) is 0 Å². The van der Waals surface area contributed by atoms with Gasteiger partial charge in [0.05, 0.1) is 12.2 Å². The van der Waals surface area contributed by atoms with E-state index in [0.29, 0.717) is 24.0 Å². The molecule has 1 heteroatoms. The largest absolute Gasteiger partial charge is 0.373 e. The Morgan fingerprint density at radius 2 is 0.826 bits per heavy atom. The van der Waals surface area contributed by atoms with Gasteiger partial charge in [-0.1, -0.05) is 83.1 Å². The summed E-state index contributed by atoms with van der Waals surface area (Å²) in [5, 5.41) is 0. The number of ether oxygens (including phenoxy) is 1. The Hall–Kier alpha value is -0.0400. The summed E-state index contributed by atoms with van der Waals surface area (Å²) in [5.41, 5.74) is 0.352. The molecule has 0 amide bonds. The summed E-state index contributed by atoms with van der Waals surface area (Å²) in [4.78, 5) is 0. The first kappa shape index (κ1) is 23.0. The molecule has 0 saturated heterocycles. The lowest BCUT2D eigenvalue weighted by molar-refractivity contribution is -0.150. The molecule has 0 N–H and O–H groups in total. The van der Waals surface area contributed by atoms with Crippen LogP contribution in [0.1, 0.15) is 95.9 Å². The zero-order chi connectivity index (χ0) is 18.6. The summed E-state index contributed by atoms with van der Waals surface area (Å²) < 4.78 is 6.90. The van der Waals surface area contributed by atoms with Crippen molar-refractivity contribution in [3.05, 3.63) is 0 Å². The minimum Gasteiger partial charge on any atom is -0.373 e. The van der Waals surface area contributed by atoms with Crippen molar-refractivity contribution in [3.63, 3.8) is 0 Å². The summed E-state index contributed by atoms with van der Waals surface area (Å²) in [6, 6.07) is 0. The smallest absolute Gasteiger partial charge is 0.0653 e. The molecule has 1 nitrogen and oxygen atoms in total. The predicted octanol–water partition coefficient (Wildman–Crippen LogP) is 7.20. The maximum Gasteiger partial charge on any atom is 0.0653 e. The van der Waals surface area contributed by atoms with Gasteiger partial charge in [0.25, 0.3) is 0 Å². The van der Waals surface area contributed by atoms with Crippen LogP contribution in [0.15, 0.2) is 0 Å². The van der Waals surface area contributed by atoms with Crippen LogP contribution in [-0.2, 0) is 4.74 Å². The molecular formula is C22H46O.